The van der Waals surface area contributed by atoms with Crippen molar-refractivity contribution in [1.82, 2.24) is 10.3 Å². The van der Waals surface area contributed by atoms with E-state index in [9.17, 15) is 0 Å². The zero-order chi connectivity index (χ0) is 10.8. The van der Waals surface area contributed by atoms with Crippen LogP contribution in [0.5, 0.6) is 0 Å². The van der Waals surface area contributed by atoms with Crippen LogP contribution in [0.2, 0.25) is 0 Å². The molecule has 1 aromatic heterocycles. The molecule has 15 heavy (non-hydrogen) atoms. The molecule has 3 heteroatoms. The normalized spacial score (nSPS) is 17.1. The summed E-state index contributed by atoms with van der Waals surface area (Å²) in [6.45, 7) is 4.15. The molecule has 0 aromatic carbocycles. The van der Waals surface area contributed by atoms with Gasteiger partial charge in [0, 0.05) is 23.5 Å². The zero-order valence-corrected chi connectivity index (χ0v) is 9.38. The Kier molecular flexibility index (Phi) is 2.71. The van der Waals surface area contributed by atoms with Gasteiger partial charge in [-0.2, -0.15) is 0 Å². The van der Waals surface area contributed by atoms with Gasteiger partial charge in [0.05, 0.1) is 5.82 Å². The van der Waals surface area contributed by atoms with Gasteiger partial charge in [-0.3, -0.25) is 0 Å². The summed E-state index contributed by atoms with van der Waals surface area (Å²) >= 11 is 0. The molecule has 2 rings (SSSR count). The van der Waals surface area contributed by atoms with Gasteiger partial charge in [0.1, 0.15) is 0 Å². The third-order valence-corrected chi connectivity index (χ3v) is 2.51. The predicted molar refractivity (Wildman–Crippen MR) is 63.2 cm³/mol. The molecule has 0 aliphatic heterocycles. The van der Waals surface area contributed by atoms with Crippen LogP contribution < -0.4 is 11.1 Å². The monoisotopic (exact) mass is 205 g/mol. The molecule has 1 aliphatic rings. The molecular weight excluding hydrogens is 186 g/mol. The fourth-order valence-corrected chi connectivity index (χ4v) is 1.69. The highest BCUT2D eigenvalue weighted by atomic mass is 15.0. The minimum Gasteiger partial charge on any atom is -0.385 e. The van der Waals surface area contributed by atoms with E-state index in [0.29, 0.717) is 11.9 Å². The third-order valence-electron chi connectivity index (χ3n) is 2.51. The summed E-state index contributed by atoms with van der Waals surface area (Å²) in [5.74, 6) is 1.49. The number of aromatic amines is 1. The Morgan fingerprint density at radius 2 is 2.27 bits per heavy atom. The van der Waals surface area contributed by atoms with Crippen molar-refractivity contribution in [2.75, 3.05) is 0 Å². The average molecular weight is 205 g/mol. The van der Waals surface area contributed by atoms with Gasteiger partial charge < -0.3 is 16.0 Å². The third kappa shape index (κ3) is 2.78. The number of nitrogens with two attached hydrogens (primary N) is 1. The van der Waals surface area contributed by atoms with Crippen molar-refractivity contribution in [2.24, 2.45) is 5.73 Å². The summed E-state index contributed by atoms with van der Waals surface area (Å²) in [6.07, 6.45) is 4.60. The van der Waals surface area contributed by atoms with Crippen molar-refractivity contribution in [3.05, 3.63) is 29.3 Å². The largest absolute Gasteiger partial charge is 0.385 e. The van der Waals surface area contributed by atoms with Crippen molar-refractivity contribution in [3.63, 3.8) is 0 Å². The Morgan fingerprint density at radius 3 is 2.87 bits per heavy atom. The Hall–Kier alpha value is -1.38. The first-order valence-corrected chi connectivity index (χ1v) is 5.58. The van der Waals surface area contributed by atoms with Crippen molar-refractivity contribution in [2.45, 2.75) is 38.6 Å². The average Bonchev–Trinajstić information content (AvgIpc) is 2.87. The summed E-state index contributed by atoms with van der Waals surface area (Å²) in [4.78, 5) is 3.38. The van der Waals surface area contributed by atoms with Gasteiger partial charge in [-0.05, 0) is 44.7 Å². The van der Waals surface area contributed by atoms with Crippen LogP contribution in [-0.2, 0) is 0 Å². The van der Waals surface area contributed by atoms with Crippen molar-refractivity contribution in [3.8, 4) is 0 Å². The standard InChI is InChI=1S/C12H19N3/c1-8(2)14-12(13)7-10-5-6-11(15-10)9-3-4-9/h5-9,14-15H,3-4,13H2,1-2H3/b12-7+. The fourth-order valence-electron chi connectivity index (χ4n) is 1.69. The molecule has 82 valence electrons. The maximum Gasteiger partial charge on any atom is 0.0983 e. The fraction of sp³-hybridized carbons (Fsp3) is 0.500. The van der Waals surface area contributed by atoms with E-state index < -0.39 is 0 Å². The Morgan fingerprint density at radius 1 is 1.53 bits per heavy atom. The maximum atomic E-state index is 5.84. The second-order valence-electron chi connectivity index (χ2n) is 4.54. The lowest BCUT2D eigenvalue weighted by atomic mass is 10.3. The molecule has 0 radical (unpaired) electrons. The van der Waals surface area contributed by atoms with Gasteiger partial charge in [-0.1, -0.05) is 0 Å². The molecular formula is C12H19N3. The van der Waals surface area contributed by atoms with E-state index in [2.05, 4.69) is 36.3 Å². The first-order valence-electron chi connectivity index (χ1n) is 5.58. The molecule has 1 heterocycles. The van der Waals surface area contributed by atoms with Crippen molar-refractivity contribution in [1.29, 1.82) is 0 Å². The zero-order valence-electron chi connectivity index (χ0n) is 9.38. The highest BCUT2D eigenvalue weighted by Crippen LogP contribution is 2.39. The van der Waals surface area contributed by atoms with E-state index >= 15 is 0 Å². The maximum absolute atomic E-state index is 5.84. The van der Waals surface area contributed by atoms with E-state index in [0.717, 1.165) is 11.6 Å². The Labute approximate surface area is 90.8 Å². The van der Waals surface area contributed by atoms with Crippen LogP contribution >= 0.6 is 0 Å². The van der Waals surface area contributed by atoms with Gasteiger partial charge in [0.2, 0.25) is 0 Å². The number of H-pyrrole nitrogens is 1. The number of rotatable bonds is 4. The summed E-state index contributed by atoms with van der Waals surface area (Å²) in [6, 6.07) is 4.62. The van der Waals surface area contributed by atoms with E-state index in [-0.39, 0.29) is 0 Å². The van der Waals surface area contributed by atoms with Crippen molar-refractivity contribution < 1.29 is 0 Å². The summed E-state index contributed by atoms with van der Waals surface area (Å²) in [5.41, 5.74) is 8.27. The lowest BCUT2D eigenvalue weighted by molar-refractivity contribution is 0.666. The topological polar surface area (TPSA) is 53.8 Å². The first-order chi connectivity index (χ1) is 7.15. The lowest BCUT2D eigenvalue weighted by Crippen LogP contribution is -2.26. The number of nitrogens with one attached hydrogen (secondary N) is 2. The molecule has 0 amide bonds. The quantitative estimate of drug-likeness (QED) is 0.705. The van der Waals surface area contributed by atoms with Crippen molar-refractivity contribution >= 4 is 6.08 Å². The number of hydrogen-bond acceptors (Lipinski definition) is 2. The minimum atomic E-state index is 0.374. The summed E-state index contributed by atoms with van der Waals surface area (Å²) in [5, 5.41) is 3.16. The van der Waals surface area contributed by atoms with E-state index in [4.69, 9.17) is 5.73 Å². The highest BCUT2D eigenvalue weighted by Gasteiger charge is 2.24. The van der Waals surface area contributed by atoms with Crippen LogP contribution in [0.3, 0.4) is 0 Å². The molecule has 0 unspecified atom stereocenters. The molecule has 0 atom stereocenters. The van der Waals surface area contributed by atoms with Crippen LogP contribution in [-0.4, -0.2) is 11.0 Å². The first kappa shape index (κ1) is 10.1. The molecule has 4 N–H and O–H groups in total. The van der Waals surface area contributed by atoms with E-state index in [1.54, 1.807) is 0 Å². The molecule has 1 aromatic rings. The van der Waals surface area contributed by atoms with Gasteiger partial charge in [-0.25, -0.2) is 0 Å². The molecule has 1 saturated carbocycles. The molecule has 1 aliphatic carbocycles. The van der Waals surface area contributed by atoms with Crippen LogP contribution in [0.25, 0.3) is 6.08 Å². The SMILES string of the molecule is CC(C)N/C(N)=C/c1ccc(C2CC2)[nH]1. The molecule has 0 bridgehead atoms. The Balaban J connectivity index is 2.02. The van der Waals surface area contributed by atoms with Crippen LogP contribution in [0, 0.1) is 0 Å². The molecule has 0 saturated heterocycles. The predicted octanol–water partition coefficient (Wildman–Crippen LogP) is 2.15. The highest BCUT2D eigenvalue weighted by molar-refractivity contribution is 5.48. The minimum absolute atomic E-state index is 0.374. The number of hydrogen-bond donors (Lipinski definition) is 3. The van der Waals surface area contributed by atoms with Gasteiger partial charge in [0.15, 0.2) is 0 Å². The van der Waals surface area contributed by atoms with Crippen LogP contribution in [0.15, 0.2) is 18.0 Å². The molecule has 0 spiro atoms. The Bertz CT molecular complexity index is 359. The lowest BCUT2D eigenvalue weighted by Gasteiger charge is -2.08. The molecule has 1 fully saturated rings. The van der Waals surface area contributed by atoms with E-state index in [1.807, 2.05) is 6.08 Å². The second-order valence-corrected chi connectivity index (χ2v) is 4.54. The van der Waals surface area contributed by atoms with Gasteiger partial charge in [-0.15, -0.1) is 0 Å². The second kappa shape index (κ2) is 4.01. The smallest absolute Gasteiger partial charge is 0.0983 e. The summed E-state index contributed by atoms with van der Waals surface area (Å²) in [7, 11) is 0. The van der Waals surface area contributed by atoms with E-state index in [1.165, 1.54) is 18.5 Å². The van der Waals surface area contributed by atoms with Gasteiger partial charge in [0.25, 0.3) is 0 Å². The van der Waals surface area contributed by atoms with Crippen LogP contribution in [0.1, 0.15) is 44.0 Å². The van der Waals surface area contributed by atoms with Gasteiger partial charge >= 0.3 is 0 Å². The molecule has 3 nitrogen and oxygen atoms in total. The summed E-state index contributed by atoms with van der Waals surface area (Å²) < 4.78 is 0. The van der Waals surface area contributed by atoms with Crippen LogP contribution in [0.4, 0.5) is 0 Å². The number of aromatic nitrogens is 1.